The van der Waals surface area contributed by atoms with Crippen LogP contribution in [0, 0.1) is 22.0 Å². The van der Waals surface area contributed by atoms with Gasteiger partial charge in [-0.2, -0.15) is 0 Å². The molecule has 0 radical (unpaired) electrons. The van der Waals surface area contributed by atoms with E-state index in [0.29, 0.717) is 0 Å². The summed E-state index contributed by atoms with van der Waals surface area (Å²) in [4.78, 5) is 51.9. The predicted octanol–water partition coefficient (Wildman–Crippen LogP) is 3.34. The van der Waals surface area contributed by atoms with Crippen LogP contribution >= 0.6 is 0 Å². The highest BCUT2D eigenvalue weighted by Crippen LogP contribution is 2.63. The topological polar surface area (TPSA) is 97.6 Å². The predicted molar refractivity (Wildman–Crippen MR) is 114 cm³/mol. The van der Waals surface area contributed by atoms with Gasteiger partial charge in [-0.15, -0.1) is 0 Å². The first-order chi connectivity index (χ1) is 15.5. The summed E-state index contributed by atoms with van der Waals surface area (Å²) in [6.45, 7) is 0. The van der Waals surface area contributed by atoms with Crippen LogP contribution in [0.25, 0.3) is 0 Å². The monoisotopic (exact) mass is 424 g/mol. The van der Waals surface area contributed by atoms with E-state index in [9.17, 15) is 24.5 Å². The van der Waals surface area contributed by atoms with Crippen LogP contribution in [-0.2, 0) is 19.8 Å². The van der Waals surface area contributed by atoms with Gasteiger partial charge in [-0.1, -0.05) is 48.5 Å². The van der Waals surface area contributed by atoms with Crippen LogP contribution in [0.1, 0.15) is 28.2 Å². The summed E-state index contributed by atoms with van der Waals surface area (Å²) in [5, 5.41) is 11.0. The lowest BCUT2D eigenvalue weighted by atomic mass is 9.48. The second-order valence-electron chi connectivity index (χ2n) is 8.43. The molecule has 3 aromatic rings. The number of nitro groups is 1. The molecule has 1 heterocycles. The van der Waals surface area contributed by atoms with Crippen molar-refractivity contribution in [2.24, 2.45) is 11.8 Å². The van der Waals surface area contributed by atoms with Gasteiger partial charge in [0.2, 0.25) is 11.8 Å². The van der Waals surface area contributed by atoms with Gasteiger partial charge in [-0.25, -0.2) is 4.90 Å². The zero-order valence-electron chi connectivity index (χ0n) is 16.7. The molecule has 0 saturated carbocycles. The molecular weight excluding hydrogens is 408 g/mol. The summed E-state index contributed by atoms with van der Waals surface area (Å²) in [7, 11) is 0. The summed E-state index contributed by atoms with van der Waals surface area (Å²) in [6.07, 6.45) is 0.822. The minimum atomic E-state index is -1.26. The fraction of sp³-hybridized carbons (Fsp3) is 0.160. The fourth-order valence-corrected chi connectivity index (χ4v) is 6.01. The molecule has 3 aliphatic carbocycles. The summed E-state index contributed by atoms with van der Waals surface area (Å²) >= 11 is 0. The Morgan fingerprint density at radius 2 is 1.41 bits per heavy atom. The molecule has 1 aliphatic heterocycles. The van der Waals surface area contributed by atoms with Crippen LogP contribution in [0.3, 0.4) is 0 Å². The number of nitro benzene ring substituents is 1. The quantitative estimate of drug-likeness (QED) is 0.278. The molecule has 7 heteroatoms. The molecule has 4 aliphatic rings. The van der Waals surface area contributed by atoms with Gasteiger partial charge in [-0.05, 0) is 34.4 Å². The number of carbonyl (C=O) groups excluding carboxylic acids is 3. The van der Waals surface area contributed by atoms with Crippen LogP contribution in [0.4, 0.5) is 11.4 Å². The third kappa shape index (κ3) is 2.03. The number of imide groups is 1. The smallest absolute Gasteiger partial charge is 0.269 e. The van der Waals surface area contributed by atoms with E-state index < -0.39 is 28.1 Å². The van der Waals surface area contributed by atoms with Crippen LogP contribution in [-0.4, -0.2) is 23.0 Å². The molecule has 1 saturated heterocycles. The Kier molecular flexibility index (Phi) is 3.61. The van der Waals surface area contributed by atoms with Crippen LogP contribution in [0.15, 0.2) is 72.8 Å². The first kappa shape index (κ1) is 18.6. The number of carbonyl (C=O) groups is 3. The lowest BCUT2D eigenvalue weighted by Gasteiger charge is -2.51. The molecule has 0 unspecified atom stereocenters. The van der Waals surface area contributed by atoms with Gasteiger partial charge in [0.25, 0.3) is 5.69 Å². The molecule has 32 heavy (non-hydrogen) atoms. The molecule has 7 nitrogen and oxygen atoms in total. The van der Waals surface area contributed by atoms with E-state index in [1.54, 1.807) is 0 Å². The van der Waals surface area contributed by atoms with Crippen molar-refractivity contribution in [3.05, 3.63) is 105 Å². The summed E-state index contributed by atoms with van der Waals surface area (Å²) in [5.74, 6) is -2.75. The van der Waals surface area contributed by atoms with E-state index in [1.165, 1.54) is 24.3 Å². The number of anilines is 1. The Bertz CT molecular complexity index is 1300. The molecular formula is C25H16N2O5. The van der Waals surface area contributed by atoms with E-state index in [4.69, 9.17) is 0 Å². The van der Waals surface area contributed by atoms with Crippen molar-refractivity contribution >= 4 is 29.5 Å². The van der Waals surface area contributed by atoms with Gasteiger partial charge >= 0.3 is 0 Å². The van der Waals surface area contributed by atoms with Crippen molar-refractivity contribution in [3.8, 4) is 0 Å². The van der Waals surface area contributed by atoms with Gasteiger partial charge in [-0.3, -0.25) is 19.7 Å². The first-order valence-corrected chi connectivity index (χ1v) is 10.3. The van der Waals surface area contributed by atoms with Crippen LogP contribution < -0.4 is 4.90 Å². The van der Waals surface area contributed by atoms with Gasteiger partial charge in [0, 0.05) is 18.1 Å². The standard InChI is InChI=1S/C25H16N2O5/c28-13-25-18-7-3-1-5-16(18)20(17-6-2-4-8-19(17)25)21-22(25)24(30)26(23(21)29)14-9-11-15(12-10-14)27(31)32/h1-13,20-22H/t20?,21-,22-,25?/m0/s1. The van der Waals surface area contributed by atoms with Gasteiger partial charge in [0.05, 0.1) is 27.9 Å². The number of aldehydes is 1. The largest absolute Gasteiger partial charge is 0.302 e. The number of nitrogens with zero attached hydrogens (tertiary/aromatic N) is 2. The van der Waals surface area contributed by atoms with Crippen molar-refractivity contribution < 1.29 is 19.3 Å². The molecule has 0 N–H and O–H groups in total. The molecule has 1 fully saturated rings. The zero-order chi connectivity index (χ0) is 22.2. The molecule has 3 aromatic carbocycles. The Morgan fingerprint density at radius 1 is 0.844 bits per heavy atom. The minimum Gasteiger partial charge on any atom is -0.302 e. The number of non-ortho nitro benzene ring substituents is 1. The van der Waals surface area contributed by atoms with Gasteiger partial charge in [0.15, 0.2) is 0 Å². The second kappa shape index (κ2) is 6.20. The maximum absolute atomic E-state index is 13.8. The average molecular weight is 424 g/mol. The van der Waals surface area contributed by atoms with Crippen molar-refractivity contribution in [2.45, 2.75) is 11.3 Å². The van der Waals surface area contributed by atoms with E-state index >= 15 is 0 Å². The maximum atomic E-state index is 13.8. The van der Waals surface area contributed by atoms with Gasteiger partial charge in [0.1, 0.15) is 6.29 Å². The van der Waals surface area contributed by atoms with E-state index in [0.717, 1.165) is 33.4 Å². The SMILES string of the molecule is O=CC12c3ccccc3C(c3ccccc31)[C@@H]1C(=O)N(c3ccc([N+](=O)[O-])cc3)C(=O)[C@H]12. The zero-order valence-corrected chi connectivity index (χ0v) is 16.7. The number of amides is 2. The number of hydrogen-bond acceptors (Lipinski definition) is 5. The van der Waals surface area contributed by atoms with Crippen molar-refractivity contribution in [2.75, 3.05) is 4.90 Å². The Balaban J connectivity index is 1.58. The summed E-state index contributed by atoms with van der Waals surface area (Å²) < 4.78 is 0. The normalized spacial score (nSPS) is 27.0. The highest BCUT2D eigenvalue weighted by atomic mass is 16.6. The number of rotatable bonds is 3. The molecule has 2 bridgehead atoms. The minimum absolute atomic E-state index is 0.130. The second-order valence-corrected chi connectivity index (χ2v) is 8.43. The van der Waals surface area contributed by atoms with Crippen molar-refractivity contribution in [3.63, 3.8) is 0 Å². The molecule has 7 rings (SSSR count). The molecule has 156 valence electrons. The van der Waals surface area contributed by atoms with E-state index in [2.05, 4.69) is 0 Å². The molecule has 0 spiro atoms. The van der Waals surface area contributed by atoms with Crippen LogP contribution in [0.2, 0.25) is 0 Å². The molecule has 2 amide bonds. The lowest BCUT2D eigenvalue weighted by Crippen LogP contribution is -2.54. The Morgan fingerprint density at radius 3 is 1.94 bits per heavy atom. The highest BCUT2D eigenvalue weighted by molar-refractivity contribution is 6.24. The number of benzene rings is 3. The highest BCUT2D eigenvalue weighted by Gasteiger charge is 2.68. The van der Waals surface area contributed by atoms with E-state index in [1.807, 2.05) is 48.5 Å². The summed E-state index contributed by atoms with van der Waals surface area (Å²) in [6, 6.07) is 20.4. The fourth-order valence-electron chi connectivity index (χ4n) is 6.01. The van der Waals surface area contributed by atoms with Gasteiger partial charge < -0.3 is 4.79 Å². The summed E-state index contributed by atoms with van der Waals surface area (Å²) in [5.41, 5.74) is 2.22. The van der Waals surface area contributed by atoms with Crippen molar-refractivity contribution in [1.29, 1.82) is 0 Å². The molecule has 0 aromatic heterocycles. The molecule has 2 atom stereocenters. The van der Waals surface area contributed by atoms with E-state index in [-0.39, 0.29) is 23.2 Å². The number of hydrogen-bond donors (Lipinski definition) is 0. The Hall–Kier alpha value is -4.13. The van der Waals surface area contributed by atoms with Crippen molar-refractivity contribution in [1.82, 2.24) is 0 Å². The third-order valence-electron chi connectivity index (χ3n) is 7.19. The lowest BCUT2D eigenvalue weighted by molar-refractivity contribution is -0.384. The third-order valence-corrected chi connectivity index (χ3v) is 7.19. The Labute approximate surface area is 182 Å². The average Bonchev–Trinajstić information content (AvgIpc) is 3.10. The van der Waals surface area contributed by atoms with Crippen LogP contribution in [0.5, 0.6) is 0 Å². The first-order valence-electron chi connectivity index (χ1n) is 10.3. The maximum Gasteiger partial charge on any atom is 0.269 e.